The maximum absolute atomic E-state index is 4.97. The molecule has 1 aromatic heterocycles. The summed E-state index contributed by atoms with van der Waals surface area (Å²) in [6.45, 7) is 7.90. The molecule has 0 aromatic carbocycles. The number of aromatic nitrogens is 2. The third-order valence-corrected chi connectivity index (χ3v) is 4.87. The van der Waals surface area contributed by atoms with E-state index in [0.29, 0.717) is 17.4 Å². The van der Waals surface area contributed by atoms with Gasteiger partial charge in [-0.15, -0.1) is 0 Å². The second-order valence-corrected chi connectivity index (χ2v) is 7.27. The van der Waals surface area contributed by atoms with Gasteiger partial charge >= 0.3 is 0 Å². The summed E-state index contributed by atoms with van der Waals surface area (Å²) in [7, 11) is 0. The topological polar surface area (TPSA) is 37.8 Å². The zero-order chi connectivity index (χ0) is 14.2. The highest BCUT2D eigenvalue weighted by molar-refractivity contribution is 5.27. The van der Waals surface area contributed by atoms with Crippen molar-refractivity contribution >= 4 is 0 Å². The summed E-state index contributed by atoms with van der Waals surface area (Å²) >= 11 is 0. The fourth-order valence-corrected chi connectivity index (χ4v) is 3.87. The average Bonchev–Trinajstić information content (AvgIpc) is 2.90. The minimum Gasteiger partial charge on any atom is -0.310 e. The maximum atomic E-state index is 4.97. The van der Waals surface area contributed by atoms with Gasteiger partial charge in [-0.25, -0.2) is 9.97 Å². The molecule has 0 amide bonds. The van der Waals surface area contributed by atoms with Crippen LogP contribution in [0.4, 0.5) is 0 Å². The Hall–Kier alpha value is -0.960. The first-order valence-corrected chi connectivity index (χ1v) is 8.18. The fourth-order valence-electron chi connectivity index (χ4n) is 3.87. The smallest absolute Gasteiger partial charge is 0.131 e. The average molecular weight is 273 g/mol. The van der Waals surface area contributed by atoms with Gasteiger partial charge in [-0.1, -0.05) is 33.6 Å². The van der Waals surface area contributed by atoms with Gasteiger partial charge in [-0.3, -0.25) is 0 Å². The first kappa shape index (κ1) is 14.0. The van der Waals surface area contributed by atoms with Crippen LogP contribution >= 0.6 is 0 Å². The monoisotopic (exact) mass is 273 g/mol. The van der Waals surface area contributed by atoms with Crippen LogP contribution in [0.1, 0.15) is 81.9 Å². The van der Waals surface area contributed by atoms with Crippen LogP contribution in [0.15, 0.2) is 6.20 Å². The van der Waals surface area contributed by atoms with Gasteiger partial charge in [0.2, 0.25) is 0 Å². The summed E-state index contributed by atoms with van der Waals surface area (Å²) in [4.78, 5) is 9.68. The van der Waals surface area contributed by atoms with Crippen molar-refractivity contribution < 1.29 is 0 Å². The van der Waals surface area contributed by atoms with Gasteiger partial charge in [-0.05, 0) is 37.6 Å². The van der Waals surface area contributed by atoms with Crippen molar-refractivity contribution in [3.05, 3.63) is 23.3 Å². The van der Waals surface area contributed by atoms with Crippen LogP contribution in [-0.2, 0) is 6.42 Å². The van der Waals surface area contributed by atoms with Crippen LogP contribution < -0.4 is 5.32 Å². The van der Waals surface area contributed by atoms with Crippen LogP contribution in [0.3, 0.4) is 0 Å². The molecule has 110 valence electrons. The van der Waals surface area contributed by atoms with Gasteiger partial charge in [0.25, 0.3) is 0 Å². The Bertz CT molecular complexity index is 475. The molecule has 0 radical (unpaired) electrons. The van der Waals surface area contributed by atoms with Crippen molar-refractivity contribution in [2.24, 2.45) is 5.41 Å². The lowest BCUT2D eigenvalue weighted by Crippen LogP contribution is -2.34. The van der Waals surface area contributed by atoms with Gasteiger partial charge in [0.05, 0.1) is 0 Å². The van der Waals surface area contributed by atoms with Gasteiger partial charge in [0.15, 0.2) is 0 Å². The first-order chi connectivity index (χ1) is 9.59. The predicted octanol–water partition coefficient (Wildman–Crippen LogP) is 3.76. The molecule has 0 bridgehead atoms. The zero-order valence-corrected chi connectivity index (χ0v) is 13.1. The SMILES string of the molecule is CCNC1CC(C)(C)Cc2nc(C3CCCC3)ncc21. The molecule has 1 aromatic rings. The lowest BCUT2D eigenvalue weighted by Gasteiger charge is -2.36. The molecule has 2 aliphatic rings. The Kier molecular flexibility index (Phi) is 3.80. The molecule has 2 aliphatic carbocycles. The third-order valence-electron chi connectivity index (χ3n) is 4.87. The molecule has 1 N–H and O–H groups in total. The Balaban J connectivity index is 1.92. The van der Waals surface area contributed by atoms with E-state index in [0.717, 1.165) is 18.8 Å². The molecule has 0 spiro atoms. The summed E-state index contributed by atoms with van der Waals surface area (Å²) in [5.74, 6) is 1.72. The molecular weight excluding hydrogens is 246 g/mol. The van der Waals surface area contributed by atoms with Gasteiger partial charge in [-0.2, -0.15) is 0 Å². The summed E-state index contributed by atoms with van der Waals surface area (Å²) in [5, 5.41) is 3.61. The molecule has 0 saturated heterocycles. The molecule has 3 heteroatoms. The van der Waals surface area contributed by atoms with E-state index in [1.807, 2.05) is 0 Å². The lowest BCUT2D eigenvalue weighted by atomic mass is 9.74. The lowest BCUT2D eigenvalue weighted by molar-refractivity contribution is 0.254. The van der Waals surface area contributed by atoms with Gasteiger partial charge < -0.3 is 5.32 Å². The number of rotatable bonds is 3. The van der Waals surface area contributed by atoms with Crippen molar-refractivity contribution in [2.75, 3.05) is 6.54 Å². The molecular formula is C17H27N3. The Morgan fingerprint density at radius 2 is 2.05 bits per heavy atom. The highest BCUT2D eigenvalue weighted by atomic mass is 15.0. The van der Waals surface area contributed by atoms with Crippen molar-refractivity contribution in [2.45, 2.75) is 71.3 Å². The van der Waals surface area contributed by atoms with Crippen molar-refractivity contribution in [1.82, 2.24) is 15.3 Å². The number of hydrogen-bond donors (Lipinski definition) is 1. The molecule has 1 atom stereocenters. The molecule has 1 heterocycles. The van der Waals surface area contributed by atoms with E-state index in [2.05, 4.69) is 32.3 Å². The van der Waals surface area contributed by atoms with Crippen LogP contribution in [0.5, 0.6) is 0 Å². The second kappa shape index (κ2) is 5.44. The maximum Gasteiger partial charge on any atom is 0.131 e. The Morgan fingerprint density at radius 3 is 2.75 bits per heavy atom. The molecule has 0 aliphatic heterocycles. The van der Waals surface area contributed by atoms with Crippen LogP contribution in [0.25, 0.3) is 0 Å². The van der Waals surface area contributed by atoms with E-state index in [1.54, 1.807) is 0 Å². The van der Waals surface area contributed by atoms with Crippen LogP contribution in [0, 0.1) is 5.41 Å². The summed E-state index contributed by atoms with van der Waals surface area (Å²) < 4.78 is 0. The number of fused-ring (bicyclic) bond motifs is 1. The van der Waals surface area contributed by atoms with Crippen LogP contribution in [-0.4, -0.2) is 16.5 Å². The van der Waals surface area contributed by atoms with E-state index >= 15 is 0 Å². The molecule has 3 nitrogen and oxygen atoms in total. The minimum absolute atomic E-state index is 0.334. The van der Waals surface area contributed by atoms with Crippen molar-refractivity contribution in [3.63, 3.8) is 0 Å². The molecule has 1 unspecified atom stereocenters. The van der Waals surface area contributed by atoms with Crippen molar-refractivity contribution in [1.29, 1.82) is 0 Å². The van der Waals surface area contributed by atoms with E-state index in [4.69, 9.17) is 9.97 Å². The normalized spacial score (nSPS) is 25.6. The van der Waals surface area contributed by atoms with Crippen molar-refractivity contribution in [3.8, 4) is 0 Å². The third kappa shape index (κ3) is 2.73. The summed E-state index contributed by atoms with van der Waals surface area (Å²) in [5.41, 5.74) is 2.97. The Labute approximate surface area is 122 Å². The fraction of sp³-hybridized carbons (Fsp3) is 0.765. The number of hydrogen-bond acceptors (Lipinski definition) is 3. The summed E-state index contributed by atoms with van der Waals surface area (Å²) in [6.07, 6.45) is 9.62. The Morgan fingerprint density at radius 1 is 1.30 bits per heavy atom. The predicted molar refractivity (Wildman–Crippen MR) is 81.8 cm³/mol. The summed E-state index contributed by atoms with van der Waals surface area (Å²) in [6, 6.07) is 0.427. The quantitative estimate of drug-likeness (QED) is 0.911. The second-order valence-electron chi connectivity index (χ2n) is 7.27. The standard InChI is InChI=1S/C17H27N3/c1-4-18-14-9-17(2,3)10-15-13(14)11-19-16(20-15)12-7-5-6-8-12/h11-12,14,18H,4-10H2,1-3H3. The molecule has 1 fully saturated rings. The highest BCUT2D eigenvalue weighted by Gasteiger charge is 2.33. The molecule has 3 rings (SSSR count). The van der Waals surface area contributed by atoms with Crippen LogP contribution in [0.2, 0.25) is 0 Å². The van der Waals surface area contributed by atoms with E-state index in [1.165, 1.54) is 43.4 Å². The van der Waals surface area contributed by atoms with Gasteiger partial charge in [0, 0.05) is 29.4 Å². The first-order valence-electron chi connectivity index (χ1n) is 8.18. The highest BCUT2D eigenvalue weighted by Crippen LogP contribution is 2.40. The zero-order valence-electron chi connectivity index (χ0n) is 13.1. The largest absolute Gasteiger partial charge is 0.310 e. The van der Waals surface area contributed by atoms with E-state index < -0.39 is 0 Å². The van der Waals surface area contributed by atoms with Gasteiger partial charge in [0.1, 0.15) is 5.82 Å². The van der Waals surface area contributed by atoms with E-state index in [-0.39, 0.29) is 0 Å². The van der Waals surface area contributed by atoms with E-state index in [9.17, 15) is 0 Å². The minimum atomic E-state index is 0.334. The molecule has 20 heavy (non-hydrogen) atoms. The number of nitrogens with one attached hydrogen (secondary N) is 1. The number of nitrogens with zero attached hydrogens (tertiary/aromatic N) is 2. The molecule has 1 saturated carbocycles.